The highest BCUT2D eigenvalue weighted by atomic mass is 127. The summed E-state index contributed by atoms with van der Waals surface area (Å²) in [6.45, 7) is 4.58. The van der Waals surface area contributed by atoms with Crippen molar-refractivity contribution in [2.45, 2.75) is 50.2 Å². The van der Waals surface area contributed by atoms with Crippen molar-refractivity contribution in [3.05, 3.63) is 0 Å². The molecule has 3 saturated heterocycles. The molecule has 3 aliphatic rings. The fourth-order valence-electron chi connectivity index (χ4n) is 4.28. The van der Waals surface area contributed by atoms with E-state index in [0.717, 1.165) is 31.1 Å². The lowest BCUT2D eigenvalue weighted by Crippen LogP contribution is -2.57. The summed E-state index contributed by atoms with van der Waals surface area (Å²) >= 11 is 2.07. The van der Waals surface area contributed by atoms with Gasteiger partial charge in [0, 0.05) is 62.9 Å². The summed E-state index contributed by atoms with van der Waals surface area (Å²) < 4.78 is 0. The van der Waals surface area contributed by atoms with Gasteiger partial charge in [0.1, 0.15) is 0 Å². The van der Waals surface area contributed by atoms with E-state index in [2.05, 4.69) is 44.2 Å². The summed E-state index contributed by atoms with van der Waals surface area (Å²) in [6, 6.07) is 2.12. The Bertz CT molecular complexity index is 388. The molecule has 0 aromatic carbocycles. The second-order valence-corrected chi connectivity index (χ2v) is 8.39. The minimum atomic E-state index is 0. The molecule has 2 N–H and O–H groups in total. The largest absolute Gasteiger partial charge is 0.355 e. The fraction of sp³-hybridized carbons (Fsp3) is 0.941. The third-order valence-corrected chi connectivity index (χ3v) is 6.67. The predicted octanol–water partition coefficient (Wildman–Crippen LogP) is 1.83. The van der Waals surface area contributed by atoms with E-state index >= 15 is 0 Å². The molecule has 7 heteroatoms. The number of hydrogen-bond donors (Lipinski definition) is 2. The lowest BCUT2D eigenvalue weighted by molar-refractivity contribution is 0.0526. The van der Waals surface area contributed by atoms with Gasteiger partial charge in [0.05, 0.1) is 0 Å². The van der Waals surface area contributed by atoms with Gasteiger partial charge in [-0.1, -0.05) is 6.42 Å². The Morgan fingerprint density at radius 2 is 1.83 bits per heavy atom. The Kier molecular flexibility index (Phi) is 8.94. The first-order chi connectivity index (χ1) is 11.3. The molecule has 3 heterocycles. The summed E-state index contributed by atoms with van der Waals surface area (Å²) in [7, 11) is 4.21. The summed E-state index contributed by atoms with van der Waals surface area (Å²) in [4.78, 5) is 9.61. The number of halogens is 1. The van der Waals surface area contributed by atoms with E-state index in [4.69, 9.17) is 0 Å². The van der Waals surface area contributed by atoms with Gasteiger partial charge < -0.3 is 15.5 Å². The van der Waals surface area contributed by atoms with Gasteiger partial charge in [-0.25, -0.2) is 0 Å². The van der Waals surface area contributed by atoms with Gasteiger partial charge in [0.15, 0.2) is 5.96 Å². The van der Waals surface area contributed by atoms with Crippen LogP contribution in [0.1, 0.15) is 32.1 Å². The van der Waals surface area contributed by atoms with Gasteiger partial charge in [0.25, 0.3) is 0 Å². The molecule has 2 unspecified atom stereocenters. The number of thioether (sulfide) groups is 1. The first-order valence-electron chi connectivity index (χ1n) is 9.25. The summed E-state index contributed by atoms with van der Waals surface area (Å²) in [5.74, 6) is 3.56. The lowest BCUT2D eigenvalue weighted by Gasteiger charge is -2.47. The number of fused-ring (bicyclic) bond motifs is 2. The van der Waals surface area contributed by atoms with Gasteiger partial charge in [-0.15, -0.1) is 24.0 Å². The molecule has 5 nitrogen and oxygen atoms in total. The Balaban J connectivity index is 0.00000208. The molecular weight excluding hydrogens is 433 g/mol. The minimum Gasteiger partial charge on any atom is -0.355 e. The molecule has 0 spiro atoms. The van der Waals surface area contributed by atoms with E-state index in [1.54, 1.807) is 0 Å². The van der Waals surface area contributed by atoms with Gasteiger partial charge in [-0.05, 0) is 32.7 Å². The number of guanidine groups is 1. The van der Waals surface area contributed by atoms with Gasteiger partial charge in [0.2, 0.25) is 0 Å². The van der Waals surface area contributed by atoms with E-state index in [1.807, 2.05) is 7.05 Å². The Morgan fingerprint density at radius 3 is 2.46 bits per heavy atom. The molecule has 24 heavy (non-hydrogen) atoms. The molecule has 2 atom stereocenters. The number of nitrogens with one attached hydrogen (secondary N) is 2. The number of aliphatic imine (C=N–C) groups is 1. The van der Waals surface area contributed by atoms with Crippen molar-refractivity contribution in [1.82, 2.24) is 20.4 Å². The average Bonchev–Trinajstić information content (AvgIpc) is 2.56. The van der Waals surface area contributed by atoms with Crippen molar-refractivity contribution in [2.24, 2.45) is 4.99 Å². The van der Waals surface area contributed by atoms with Crippen LogP contribution in [0.25, 0.3) is 0 Å². The zero-order chi connectivity index (χ0) is 16.1. The van der Waals surface area contributed by atoms with Crippen LogP contribution in [0, 0.1) is 0 Å². The van der Waals surface area contributed by atoms with Crippen LogP contribution < -0.4 is 10.6 Å². The molecular formula is C17H34IN5S. The van der Waals surface area contributed by atoms with Crippen molar-refractivity contribution in [3.8, 4) is 0 Å². The van der Waals surface area contributed by atoms with Crippen LogP contribution in [0.3, 0.4) is 0 Å². The smallest absolute Gasteiger partial charge is 0.191 e. The fourth-order valence-corrected chi connectivity index (χ4v) is 5.26. The molecule has 2 bridgehead atoms. The van der Waals surface area contributed by atoms with E-state index < -0.39 is 0 Å². The highest BCUT2D eigenvalue weighted by Gasteiger charge is 2.36. The normalized spacial score (nSPS) is 32.1. The molecule has 3 aliphatic heterocycles. The maximum Gasteiger partial charge on any atom is 0.191 e. The second kappa shape index (κ2) is 10.4. The van der Waals surface area contributed by atoms with Crippen LogP contribution >= 0.6 is 35.7 Å². The maximum absolute atomic E-state index is 4.44. The predicted molar refractivity (Wildman–Crippen MR) is 116 cm³/mol. The van der Waals surface area contributed by atoms with Crippen molar-refractivity contribution in [1.29, 1.82) is 0 Å². The quantitative estimate of drug-likeness (QED) is 0.375. The lowest BCUT2D eigenvalue weighted by atomic mass is 9.82. The maximum atomic E-state index is 4.44. The first-order valence-corrected chi connectivity index (χ1v) is 10.4. The van der Waals surface area contributed by atoms with Gasteiger partial charge in [-0.3, -0.25) is 9.89 Å². The molecule has 0 aromatic heterocycles. The van der Waals surface area contributed by atoms with E-state index in [-0.39, 0.29) is 24.0 Å². The second-order valence-electron chi connectivity index (χ2n) is 7.17. The van der Waals surface area contributed by atoms with Crippen LogP contribution in [0.15, 0.2) is 4.99 Å². The number of piperidine rings is 2. The highest BCUT2D eigenvalue weighted by molar-refractivity contribution is 14.0. The molecule has 0 amide bonds. The zero-order valence-corrected chi connectivity index (χ0v) is 18.3. The molecule has 140 valence electrons. The van der Waals surface area contributed by atoms with Gasteiger partial charge in [-0.2, -0.15) is 11.8 Å². The number of nitrogens with zero attached hydrogens (tertiary/aromatic N) is 3. The Hall–Kier alpha value is 0.270. The summed E-state index contributed by atoms with van der Waals surface area (Å²) in [6.07, 6.45) is 6.66. The third-order valence-electron chi connectivity index (χ3n) is 5.73. The summed E-state index contributed by atoms with van der Waals surface area (Å²) in [5.41, 5.74) is 0. The van der Waals surface area contributed by atoms with E-state index in [9.17, 15) is 0 Å². The van der Waals surface area contributed by atoms with Crippen molar-refractivity contribution in [3.63, 3.8) is 0 Å². The highest BCUT2D eigenvalue weighted by Crippen LogP contribution is 2.32. The Labute approximate surface area is 168 Å². The van der Waals surface area contributed by atoms with Gasteiger partial charge >= 0.3 is 0 Å². The molecule has 0 radical (unpaired) electrons. The van der Waals surface area contributed by atoms with E-state index in [1.165, 1.54) is 56.7 Å². The number of rotatable bonds is 4. The molecule has 3 fully saturated rings. The average molecular weight is 467 g/mol. The van der Waals surface area contributed by atoms with Crippen molar-refractivity contribution in [2.75, 3.05) is 51.8 Å². The van der Waals surface area contributed by atoms with E-state index in [0.29, 0.717) is 6.04 Å². The SMILES string of the molecule is CN=C(NCCN1CCSCC1)NC1CC2CCCC(C1)N2C.I. The first kappa shape index (κ1) is 20.6. The van der Waals surface area contributed by atoms with Crippen LogP contribution in [-0.2, 0) is 0 Å². The monoisotopic (exact) mass is 467 g/mol. The zero-order valence-electron chi connectivity index (χ0n) is 15.2. The standard InChI is InChI=1S/C17H33N5S.HI/c1-18-17(19-6-7-22-8-10-23-11-9-22)20-14-12-15-4-3-5-16(13-14)21(15)2;/h14-16H,3-13H2,1-2H3,(H2,18,19,20);1H. The van der Waals surface area contributed by atoms with Crippen LogP contribution in [0.4, 0.5) is 0 Å². The van der Waals surface area contributed by atoms with Crippen molar-refractivity contribution < 1.29 is 0 Å². The topological polar surface area (TPSA) is 42.9 Å². The van der Waals surface area contributed by atoms with Crippen LogP contribution in [0.2, 0.25) is 0 Å². The number of hydrogen-bond acceptors (Lipinski definition) is 4. The molecule has 0 aromatic rings. The Morgan fingerprint density at radius 1 is 1.17 bits per heavy atom. The van der Waals surface area contributed by atoms with Crippen LogP contribution in [0.5, 0.6) is 0 Å². The molecule has 0 saturated carbocycles. The minimum absolute atomic E-state index is 0. The third kappa shape index (κ3) is 5.64. The molecule has 0 aliphatic carbocycles. The van der Waals surface area contributed by atoms with Crippen LogP contribution in [-0.4, -0.2) is 85.7 Å². The summed E-state index contributed by atoms with van der Waals surface area (Å²) in [5, 5.41) is 7.20. The van der Waals surface area contributed by atoms with Crippen molar-refractivity contribution >= 4 is 41.7 Å². The molecule has 3 rings (SSSR count).